The van der Waals surface area contributed by atoms with Gasteiger partial charge < -0.3 is 10.6 Å². The molecule has 5 heteroatoms. The van der Waals surface area contributed by atoms with Crippen LogP contribution in [0.2, 0.25) is 5.02 Å². The van der Waals surface area contributed by atoms with Gasteiger partial charge in [-0.2, -0.15) is 0 Å². The largest absolute Gasteiger partial charge is 0.373 e. The Morgan fingerprint density at radius 1 is 1.47 bits per heavy atom. The van der Waals surface area contributed by atoms with Crippen molar-refractivity contribution in [2.75, 3.05) is 5.32 Å². The molecule has 0 aliphatic carbocycles. The fourth-order valence-corrected chi connectivity index (χ4v) is 1.66. The summed E-state index contributed by atoms with van der Waals surface area (Å²) in [7, 11) is 0. The summed E-state index contributed by atoms with van der Waals surface area (Å²) in [5, 5.41) is 6.17. The van der Waals surface area contributed by atoms with Crippen LogP contribution < -0.4 is 10.6 Å². The fourth-order valence-electron chi connectivity index (χ4n) is 1.44. The number of hydrogen-bond acceptors (Lipinski definition) is 2. The number of anilines is 1. The highest BCUT2D eigenvalue weighted by atomic mass is 35.5. The zero-order valence-corrected chi connectivity index (χ0v) is 12.4. The first-order valence-electron chi connectivity index (χ1n) is 6.29. The Kier molecular flexibility index (Phi) is 5.18. The number of halogens is 2. The van der Waals surface area contributed by atoms with Crippen LogP contribution in [0.1, 0.15) is 34.1 Å². The minimum atomic E-state index is -0.450. The first kappa shape index (κ1) is 15.8. The average Bonchev–Trinajstić information content (AvgIpc) is 2.32. The molecule has 0 fully saturated rings. The molecule has 1 atom stereocenters. The van der Waals surface area contributed by atoms with Gasteiger partial charge in [0.1, 0.15) is 11.9 Å². The second-order valence-electron chi connectivity index (χ2n) is 5.22. The molecule has 0 aromatic heterocycles. The standard InChI is InChI=1S/C14H20ClFN2O/c1-5-14(3,4)18-13(19)9(2)17-12-7-6-10(16)8-11(12)15/h6-9,17H,5H2,1-4H3,(H,18,19). The zero-order chi connectivity index (χ0) is 14.6. The van der Waals surface area contributed by atoms with Crippen molar-refractivity contribution < 1.29 is 9.18 Å². The van der Waals surface area contributed by atoms with E-state index in [1.54, 1.807) is 6.92 Å². The number of benzene rings is 1. The van der Waals surface area contributed by atoms with E-state index in [-0.39, 0.29) is 16.5 Å². The Hall–Kier alpha value is -1.29. The third-order valence-electron chi connectivity index (χ3n) is 3.04. The van der Waals surface area contributed by atoms with Crippen LogP contribution in [-0.2, 0) is 4.79 Å². The van der Waals surface area contributed by atoms with Crippen LogP contribution in [-0.4, -0.2) is 17.5 Å². The minimum absolute atomic E-state index is 0.118. The smallest absolute Gasteiger partial charge is 0.242 e. The summed E-state index contributed by atoms with van der Waals surface area (Å²) in [5.41, 5.74) is 0.291. The molecule has 1 aromatic rings. The number of nitrogens with one attached hydrogen (secondary N) is 2. The van der Waals surface area contributed by atoms with Crippen molar-refractivity contribution >= 4 is 23.2 Å². The van der Waals surface area contributed by atoms with E-state index in [2.05, 4.69) is 10.6 Å². The molecule has 0 bridgehead atoms. The van der Waals surface area contributed by atoms with E-state index in [0.29, 0.717) is 5.69 Å². The van der Waals surface area contributed by atoms with Crippen LogP contribution >= 0.6 is 11.6 Å². The maximum Gasteiger partial charge on any atom is 0.242 e. The molecule has 0 saturated carbocycles. The molecule has 0 aliphatic heterocycles. The molecule has 0 radical (unpaired) electrons. The second kappa shape index (κ2) is 6.24. The Bertz CT molecular complexity index is 463. The maximum absolute atomic E-state index is 12.9. The highest BCUT2D eigenvalue weighted by Crippen LogP contribution is 2.23. The summed E-state index contributed by atoms with van der Waals surface area (Å²) in [6, 6.07) is 3.58. The predicted octanol–water partition coefficient (Wildman–Crippen LogP) is 3.58. The van der Waals surface area contributed by atoms with E-state index in [1.807, 2.05) is 20.8 Å². The van der Waals surface area contributed by atoms with Gasteiger partial charge in [0.2, 0.25) is 5.91 Å². The molecule has 0 aliphatic rings. The molecular formula is C14H20ClFN2O. The quantitative estimate of drug-likeness (QED) is 0.868. The van der Waals surface area contributed by atoms with Crippen molar-refractivity contribution in [1.82, 2.24) is 5.32 Å². The van der Waals surface area contributed by atoms with Gasteiger partial charge >= 0.3 is 0 Å². The number of rotatable bonds is 5. The van der Waals surface area contributed by atoms with Gasteiger partial charge in [0, 0.05) is 5.54 Å². The molecule has 1 aromatic carbocycles. The molecule has 0 heterocycles. The third kappa shape index (κ3) is 4.71. The molecule has 3 nitrogen and oxygen atoms in total. The Morgan fingerprint density at radius 3 is 2.63 bits per heavy atom. The number of carbonyl (C=O) groups excluding carboxylic acids is 1. The van der Waals surface area contributed by atoms with Crippen LogP contribution in [0.25, 0.3) is 0 Å². The number of carbonyl (C=O) groups is 1. The summed E-state index contributed by atoms with van der Waals surface area (Å²) in [6.07, 6.45) is 0.836. The lowest BCUT2D eigenvalue weighted by molar-refractivity contribution is -0.123. The molecule has 1 rings (SSSR count). The summed E-state index contributed by atoms with van der Waals surface area (Å²) in [6.45, 7) is 7.67. The summed E-state index contributed by atoms with van der Waals surface area (Å²) in [4.78, 5) is 12.0. The lowest BCUT2D eigenvalue weighted by Gasteiger charge is -2.27. The SMILES string of the molecule is CCC(C)(C)NC(=O)C(C)Nc1ccc(F)cc1Cl. The number of hydrogen-bond donors (Lipinski definition) is 2. The Labute approximate surface area is 118 Å². The lowest BCUT2D eigenvalue weighted by Crippen LogP contribution is -2.48. The van der Waals surface area contributed by atoms with Crippen LogP contribution in [0, 0.1) is 5.82 Å². The van der Waals surface area contributed by atoms with Gasteiger partial charge in [0.15, 0.2) is 0 Å². The van der Waals surface area contributed by atoms with E-state index in [4.69, 9.17) is 11.6 Å². The molecule has 2 N–H and O–H groups in total. The van der Waals surface area contributed by atoms with E-state index in [9.17, 15) is 9.18 Å². The molecular weight excluding hydrogens is 267 g/mol. The van der Waals surface area contributed by atoms with Crippen molar-refractivity contribution in [3.63, 3.8) is 0 Å². The molecule has 0 saturated heterocycles. The van der Waals surface area contributed by atoms with Crippen LogP contribution in [0.15, 0.2) is 18.2 Å². The van der Waals surface area contributed by atoms with Gasteiger partial charge in [0.05, 0.1) is 10.7 Å². The summed E-state index contributed by atoms with van der Waals surface area (Å²) in [5.74, 6) is -0.521. The van der Waals surface area contributed by atoms with E-state index >= 15 is 0 Å². The van der Waals surface area contributed by atoms with Crippen molar-refractivity contribution in [2.24, 2.45) is 0 Å². The normalized spacial score (nSPS) is 12.9. The minimum Gasteiger partial charge on any atom is -0.373 e. The Morgan fingerprint density at radius 2 is 2.11 bits per heavy atom. The van der Waals surface area contributed by atoms with Crippen LogP contribution in [0.3, 0.4) is 0 Å². The van der Waals surface area contributed by atoms with Gasteiger partial charge in [0.25, 0.3) is 0 Å². The van der Waals surface area contributed by atoms with Crippen molar-refractivity contribution in [1.29, 1.82) is 0 Å². The lowest BCUT2D eigenvalue weighted by atomic mass is 10.0. The molecule has 1 unspecified atom stereocenters. The van der Waals surface area contributed by atoms with Crippen molar-refractivity contribution in [3.8, 4) is 0 Å². The van der Waals surface area contributed by atoms with Gasteiger partial charge in [-0.05, 0) is 45.4 Å². The van der Waals surface area contributed by atoms with Crippen molar-refractivity contribution in [3.05, 3.63) is 29.0 Å². The fraction of sp³-hybridized carbons (Fsp3) is 0.500. The first-order valence-corrected chi connectivity index (χ1v) is 6.66. The summed E-state index contributed by atoms with van der Waals surface area (Å²) >= 11 is 5.90. The van der Waals surface area contributed by atoms with Crippen LogP contribution in [0.5, 0.6) is 0 Å². The average molecular weight is 287 g/mol. The van der Waals surface area contributed by atoms with Gasteiger partial charge in [-0.25, -0.2) is 4.39 Å². The highest BCUT2D eigenvalue weighted by Gasteiger charge is 2.22. The van der Waals surface area contributed by atoms with Gasteiger partial charge in [-0.15, -0.1) is 0 Å². The Balaban J connectivity index is 2.69. The van der Waals surface area contributed by atoms with Gasteiger partial charge in [-0.3, -0.25) is 4.79 Å². The maximum atomic E-state index is 12.9. The van der Waals surface area contributed by atoms with E-state index in [1.165, 1.54) is 18.2 Å². The third-order valence-corrected chi connectivity index (χ3v) is 3.35. The molecule has 1 amide bonds. The summed E-state index contributed by atoms with van der Waals surface area (Å²) < 4.78 is 12.9. The van der Waals surface area contributed by atoms with Crippen molar-refractivity contribution in [2.45, 2.75) is 45.7 Å². The highest BCUT2D eigenvalue weighted by molar-refractivity contribution is 6.33. The number of amides is 1. The molecule has 0 spiro atoms. The predicted molar refractivity (Wildman–Crippen MR) is 77.0 cm³/mol. The molecule has 19 heavy (non-hydrogen) atoms. The van der Waals surface area contributed by atoms with E-state index < -0.39 is 11.9 Å². The first-order chi connectivity index (χ1) is 8.75. The molecule has 106 valence electrons. The topological polar surface area (TPSA) is 41.1 Å². The van der Waals surface area contributed by atoms with Gasteiger partial charge in [-0.1, -0.05) is 18.5 Å². The second-order valence-corrected chi connectivity index (χ2v) is 5.62. The van der Waals surface area contributed by atoms with E-state index in [0.717, 1.165) is 6.42 Å². The van der Waals surface area contributed by atoms with Crippen LogP contribution in [0.4, 0.5) is 10.1 Å². The monoisotopic (exact) mass is 286 g/mol. The zero-order valence-electron chi connectivity index (χ0n) is 11.7.